The smallest absolute Gasteiger partial charge is 0.251 e. The summed E-state index contributed by atoms with van der Waals surface area (Å²) in [5, 5.41) is 3.41. The fourth-order valence-corrected chi connectivity index (χ4v) is 2.87. The Kier molecular flexibility index (Phi) is 2.87. The lowest BCUT2D eigenvalue weighted by Gasteiger charge is -2.35. The second-order valence-corrected chi connectivity index (χ2v) is 10.4. The Labute approximate surface area is 85.9 Å². The molecule has 0 spiro atoms. The molecule has 0 bridgehead atoms. The van der Waals surface area contributed by atoms with Crippen molar-refractivity contribution in [2.24, 2.45) is 0 Å². The van der Waals surface area contributed by atoms with E-state index >= 15 is 0 Å². The van der Waals surface area contributed by atoms with Crippen LogP contribution in [-0.2, 0) is 0 Å². The summed E-state index contributed by atoms with van der Waals surface area (Å²) in [5.41, 5.74) is 0. The minimum atomic E-state index is -1.60. The summed E-state index contributed by atoms with van der Waals surface area (Å²) in [6.45, 7) is 11.3. The van der Waals surface area contributed by atoms with Crippen LogP contribution in [0.1, 0.15) is 20.8 Å². The van der Waals surface area contributed by atoms with Gasteiger partial charge in [0.1, 0.15) is 0 Å². The maximum atomic E-state index is 6.06. The minimum Gasteiger partial charge on any atom is -0.537 e. The van der Waals surface area contributed by atoms with Crippen molar-refractivity contribution in [3.05, 3.63) is 17.5 Å². The molecule has 0 saturated carbocycles. The number of rotatable bonds is 2. The molecule has 0 aliphatic rings. The molecule has 0 aromatic carbocycles. The Morgan fingerprint density at radius 3 is 2.31 bits per heavy atom. The van der Waals surface area contributed by atoms with Gasteiger partial charge in [0.2, 0.25) is 0 Å². The molecule has 0 N–H and O–H groups in total. The lowest BCUT2D eigenvalue weighted by Crippen LogP contribution is -2.43. The Balaban J connectivity index is 2.73. The zero-order valence-electron chi connectivity index (χ0n) is 9.05. The van der Waals surface area contributed by atoms with Crippen molar-refractivity contribution in [3.63, 3.8) is 0 Å². The Hall–Kier alpha value is -0.283. The molecular weight excluding hydrogens is 196 g/mol. The molecule has 0 saturated heterocycles. The molecule has 0 amide bonds. The van der Waals surface area contributed by atoms with Gasteiger partial charge in [-0.05, 0) is 35.6 Å². The van der Waals surface area contributed by atoms with E-state index in [9.17, 15) is 0 Å². The fourth-order valence-electron chi connectivity index (χ4n) is 0.726. The van der Waals surface area contributed by atoms with Gasteiger partial charge in [-0.25, -0.2) is 0 Å². The van der Waals surface area contributed by atoms with Crippen LogP contribution < -0.4 is 4.43 Å². The van der Waals surface area contributed by atoms with Crippen molar-refractivity contribution in [1.29, 1.82) is 0 Å². The molecule has 1 heterocycles. The molecule has 0 aliphatic carbocycles. The number of thiophene rings is 1. The van der Waals surface area contributed by atoms with Gasteiger partial charge in [-0.15, -0.1) is 11.3 Å². The van der Waals surface area contributed by atoms with Crippen molar-refractivity contribution in [3.8, 4) is 5.06 Å². The zero-order chi connectivity index (χ0) is 10.1. The second kappa shape index (κ2) is 3.46. The molecule has 13 heavy (non-hydrogen) atoms. The van der Waals surface area contributed by atoms with E-state index < -0.39 is 8.32 Å². The number of hydrogen-bond acceptors (Lipinski definition) is 2. The topological polar surface area (TPSA) is 9.23 Å². The van der Waals surface area contributed by atoms with Crippen LogP contribution in [0.2, 0.25) is 18.1 Å². The maximum absolute atomic E-state index is 6.06. The second-order valence-electron chi connectivity index (χ2n) is 4.79. The summed E-state index contributed by atoms with van der Waals surface area (Å²) in [7, 11) is -1.60. The Bertz CT molecular complexity index is 259. The van der Waals surface area contributed by atoms with Gasteiger partial charge >= 0.3 is 0 Å². The van der Waals surface area contributed by atoms with E-state index in [2.05, 4.69) is 39.2 Å². The molecular formula is C10H18OSSi. The third-order valence-corrected chi connectivity index (χ3v) is 7.89. The maximum Gasteiger partial charge on any atom is 0.251 e. The van der Waals surface area contributed by atoms with Crippen molar-refractivity contribution in [2.45, 2.75) is 38.9 Å². The predicted molar refractivity (Wildman–Crippen MR) is 62.1 cm³/mol. The summed E-state index contributed by atoms with van der Waals surface area (Å²) < 4.78 is 6.06. The van der Waals surface area contributed by atoms with Crippen LogP contribution >= 0.6 is 11.3 Å². The van der Waals surface area contributed by atoms with Crippen LogP contribution in [-0.4, -0.2) is 8.32 Å². The standard InChI is InChI=1S/C10H18OSSi/c1-10(2,3)13(4,5)11-9-7-6-8-12-9/h6-8H,1-5H3. The van der Waals surface area contributed by atoms with Crippen molar-refractivity contribution in [2.75, 3.05) is 0 Å². The van der Waals surface area contributed by atoms with Gasteiger partial charge in [-0.3, -0.25) is 0 Å². The molecule has 0 radical (unpaired) electrons. The van der Waals surface area contributed by atoms with Gasteiger partial charge in [-0.1, -0.05) is 20.8 Å². The van der Waals surface area contributed by atoms with Crippen LogP contribution in [0.25, 0.3) is 0 Å². The highest BCUT2D eigenvalue weighted by molar-refractivity contribution is 7.12. The van der Waals surface area contributed by atoms with Crippen LogP contribution in [0.3, 0.4) is 0 Å². The minimum absolute atomic E-state index is 0.289. The molecule has 1 aromatic rings. The van der Waals surface area contributed by atoms with E-state index in [4.69, 9.17) is 4.43 Å². The highest BCUT2D eigenvalue weighted by atomic mass is 32.1. The first-order chi connectivity index (χ1) is 5.83. The first-order valence-electron chi connectivity index (χ1n) is 4.55. The first kappa shape index (κ1) is 10.8. The predicted octanol–water partition coefficient (Wildman–Crippen LogP) is 4.13. The third-order valence-electron chi connectivity index (χ3n) is 2.66. The van der Waals surface area contributed by atoms with Crippen LogP contribution in [0.15, 0.2) is 17.5 Å². The van der Waals surface area contributed by atoms with E-state index in [1.54, 1.807) is 11.3 Å². The summed E-state index contributed by atoms with van der Waals surface area (Å²) in [5.74, 6) is 0. The normalized spacial score (nSPS) is 13.0. The van der Waals surface area contributed by atoms with Crippen molar-refractivity contribution < 1.29 is 4.43 Å². The van der Waals surface area contributed by atoms with Gasteiger partial charge in [0.15, 0.2) is 5.06 Å². The fraction of sp³-hybridized carbons (Fsp3) is 0.600. The molecule has 0 fully saturated rings. The van der Waals surface area contributed by atoms with Gasteiger partial charge in [0.25, 0.3) is 8.32 Å². The highest BCUT2D eigenvalue weighted by Gasteiger charge is 2.39. The van der Waals surface area contributed by atoms with Crippen LogP contribution in [0.4, 0.5) is 0 Å². The molecule has 1 aromatic heterocycles. The van der Waals surface area contributed by atoms with Crippen LogP contribution in [0, 0.1) is 0 Å². The molecule has 0 aliphatic heterocycles. The SMILES string of the molecule is CC(C)(C)[Si](C)(C)Oc1cccs1. The van der Waals surface area contributed by atoms with Gasteiger partial charge < -0.3 is 4.43 Å². The number of hydrogen-bond donors (Lipinski definition) is 0. The van der Waals surface area contributed by atoms with E-state index in [1.807, 2.05) is 12.1 Å². The lowest BCUT2D eigenvalue weighted by atomic mass is 10.2. The molecule has 0 unspecified atom stereocenters. The van der Waals surface area contributed by atoms with Crippen molar-refractivity contribution >= 4 is 19.7 Å². The molecule has 0 atom stereocenters. The summed E-state index contributed by atoms with van der Waals surface area (Å²) in [6.07, 6.45) is 0. The monoisotopic (exact) mass is 214 g/mol. The summed E-state index contributed by atoms with van der Waals surface area (Å²) in [6, 6.07) is 4.08. The van der Waals surface area contributed by atoms with Crippen molar-refractivity contribution in [1.82, 2.24) is 0 Å². The van der Waals surface area contributed by atoms with Gasteiger partial charge in [0.05, 0.1) is 0 Å². The summed E-state index contributed by atoms with van der Waals surface area (Å²) in [4.78, 5) is 0. The van der Waals surface area contributed by atoms with Gasteiger partial charge in [-0.2, -0.15) is 0 Å². The summed E-state index contributed by atoms with van der Waals surface area (Å²) >= 11 is 1.68. The lowest BCUT2D eigenvalue weighted by molar-refractivity contribution is 0.503. The third kappa shape index (κ3) is 2.58. The molecule has 1 nitrogen and oxygen atoms in total. The van der Waals surface area contributed by atoms with E-state index in [-0.39, 0.29) is 5.04 Å². The molecule has 74 valence electrons. The van der Waals surface area contributed by atoms with Crippen LogP contribution in [0.5, 0.6) is 5.06 Å². The largest absolute Gasteiger partial charge is 0.537 e. The average molecular weight is 214 g/mol. The van der Waals surface area contributed by atoms with Gasteiger partial charge in [0, 0.05) is 0 Å². The highest BCUT2D eigenvalue weighted by Crippen LogP contribution is 2.38. The van der Waals surface area contributed by atoms with E-state index in [1.165, 1.54) is 0 Å². The quantitative estimate of drug-likeness (QED) is 0.673. The van der Waals surface area contributed by atoms with E-state index in [0.717, 1.165) is 5.06 Å². The first-order valence-corrected chi connectivity index (χ1v) is 8.34. The molecule has 3 heteroatoms. The average Bonchev–Trinajstić information content (AvgIpc) is 2.35. The molecule has 1 rings (SSSR count). The zero-order valence-corrected chi connectivity index (χ0v) is 10.9. The van der Waals surface area contributed by atoms with E-state index in [0.29, 0.717) is 0 Å². The Morgan fingerprint density at radius 1 is 1.31 bits per heavy atom. The Morgan fingerprint density at radius 2 is 1.92 bits per heavy atom.